The zero-order valence-electron chi connectivity index (χ0n) is 23.7. The van der Waals surface area contributed by atoms with Crippen molar-refractivity contribution in [2.75, 3.05) is 19.6 Å². The number of H-pyrrole nitrogens is 1. The van der Waals surface area contributed by atoms with Crippen LogP contribution in [-0.4, -0.2) is 68.1 Å². The first-order valence-corrected chi connectivity index (χ1v) is 15.7. The number of carbonyl (C=O) groups is 4. The van der Waals surface area contributed by atoms with Gasteiger partial charge in [-0.25, -0.2) is 15.0 Å². The van der Waals surface area contributed by atoms with Crippen LogP contribution < -0.4 is 16.0 Å². The highest BCUT2D eigenvalue weighted by atomic mass is 32.1. The van der Waals surface area contributed by atoms with Gasteiger partial charge in [-0.15, -0.1) is 22.7 Å². The molecule has 0 unspecified atom stereocenters. The molecule has 1 aliphatic rings. The number of imidazole rings is 1. The monoisotopic (exact) mass is 620 g/mol. The summed E-state index contributed by atoms with van der Waals surface area (Å²) < 4.78 is 0. The summed E-state index contributed by atoms with van der Waals surface area (Å²) in [5.41, 5.74) is 1.45. The van der Waals surface area contributed by atoms with Gasteiger partial charge < -0.3 is 25.8 Å². The third-order valence-electron chi connectivity index (χ3n) is 6.86. The van der Waals surface area contributed by atoms with Crippen LogP contribution in [0.1, 0.15) is 79.5 Å². The molecule has 4 amide bonds. The van der Waals surface area contributed by atoms with E-state index in [2.05, 4.69) is 35.9 Å². The van der Waals surface area contributed by atoms with Crippen molar-refractivity contribution in [1.82, 2.24) is 40.8 Å². The van der Waals surface area contributed by atoms with Crippen LogP contribution in [0.2, 0.25) is 0 Å². The molecule has 0 saturated heterocycles. The van der Waals surface area contributed by atoms with Crippen molar-refractivity contribution in [3.05, 3.63) is 86.3 Å². The van der Waals surface area contributed by atoms with Gasteiger partial charge in [0, 0.05) is 36.2 Å². The van der Waals surface area contributed by atoms with Crippen molar-refractivity contribution in [2.45, 2.75) is 38.8 Å². The largest absolute Gasteiger partial charge is 0.351 e. The van der Waals surface area contributed by atoms with E-state index >= 15 is 0 Å². The molecule has 0 aliphatic carbocycles. The number of rotatable bonds is 4. The van der Waals surface area contributed by atoms with Crippen LogP contribution in [0.5, 0.6) is 0 Å². The molecule has 4 N–H and O–H groups in total. The Morgan fingerprint density at radius 1 is 1.00 bits per heavy atom. The van der Waals surface area contributed by atoms with Crippen LogP contribution in [0, 0.1) is 5.92 Å². The fourth-order valence-corrected chi connectivity index (χ4v) is 6.50. The minimum Gasteiger partial charge on any atom is -0.351 e. The Bertz CT molecular complexity index is 1570. The number of fused-ring (bicyclic) bond motifs is 4. The number of nitrogens with one attached hydrogen (secondary N) is 4. The smallest absolute Gasteiger partial charge is 0.290 e. The number of aromatic amines is 1. The van der Waals surface area contributed by atoms with Crippen LogP contribution in [0.3, 0.4) is 0 Å². The second kappa shape index (κ2) is 13.7. The van der Waals surface area contributed by atoms with Gasteiger partial charge in [-0.1, -0.05) is 44.2 Å². The molecule has 0 fully saturated rings. The highest BCUT2D eigenvalue weighted by Crippen LogP contribution is 2.27. The summed E-state index contributed by atoms with van der Waals surface area (Å²) in [6, 6.07) is 8.70. The van der Waals surface area contributed by atoms with Gasteiger partial charge in [0.15, 0.2) is 5.82 Å². The van der Waals surface area contributed by atoms with Gasteiger partial charge in [-0.3, -0.25) is 19.2 Å². The van der Waals surface area contributed by atoms with Crippen LogP contribution >= 0.6 is 22.7 Å². The maximum Gasteiger partial charge on any atom is 0.290 e. The Morgan fingerprint density at radius 2 is 1.72 bits per heavy atom. The summed E-state index contributed by atoms with van der Waals surface area (Å²) >= 11 is 2.59. The fraction of sp³-hybridized carbons (Fsp3) is 0.345. The molecule has 5 rings (SSSR count). The molecule has 43 heavy (non-hydrogen) atoms. The average Bonchev–Trinajstić information content (AvgIpc) is 3.79. The Hall–Kier alpha value is -4.43. The van der Waals surface area contributed by atoms with Crippen molar-refractivity contribution in [2.24, 2.45) is 5.92 Å². The van der Waals surface area contributed by atoms with Crippen molar-refractivity contribution < 1.29 is 19.2 Å². The molecule has 4 aromatic rings. The van der Waals surface area contributed by atoms with E-state index in [0.717, 1.165) is 5.56 Å². The molecule has 4 heterocycles. The quantitative estimate of drug-likeness (QED) is 0.273. The average molecular weight is 621 g/mol. The Kier molecular flexibility index (Phi) is 9.57. The molecule has 224 valence electrons. The second-order valence-electron chi connectivity index (χ2n) is 10.4. The van der Waals surface area contributed by atoms with Crippen molar-refractivity contribution in [1.29, 1.82) is 0 Å². The van der Waals surface area contributed by atoms with Gasteiger partial charge in [-0.2, -0.15) is 0 Å². The fourth-order valence-electron chi connectivity index (χ4n) is 4.63. The number of thiazole rings is 2. The summed E-state index contributed by atoms with van der Waals surface area (Å²) in [5.74, 6) is -1.45. The summed E-state index contributed by atoms with van der Waals surface area (Å²) in [6.07, 6.45) is 3.85. The van der Waals surface area contributed by atoms with E-state index in [9.17, 15) is 19.2 Å². The molecule has 1 aromatic carbocycles. The van der Waals surface area contributed by atoms with Crippen LogP contribution in [-0.2, 0) is 11.2 Å². The lowest BCUT2D eigenvalue weighted by Crippen LogP contribution is -2.43. The maximum absolute atomic E-state index is 13.4. The Morgan fingerprint density at radius 3 is 2.44 bits per heavy atom. The molecule has 0 saturated carbocycles. The summed E-state index contributed by atoms with van der Waals surface area (Å²) in [4.78, 5) is 70.1. The maximum atomic E-state index is 13.4. The zero-order chi connectivity index (χ0) is 30.3. The highest BCUT2D eigenvalue weighted by Gasteiger charge is 2.28. The van der Waals surface area contributed by atoms with E-state index in [1.54, 1.807) is 10.8 Å². The van der Waals surface area contributed by atoms with E-state index in [1.807, 2.05) is 44.2 Å². The lowest BCUT2D eigenvalue weighted by atomic mass is 10.0. The number of carbonyl (C=O) groups excluding carboxylic acids is 4. The summed E-state index contributed by atoms with van der Waals surface area (Å²) in [5, 5.41) is 13.4. The van der Waals surface area contributed by atoms with E-state index < -0.39 is 23.9 Å². The first kappa shape index (κ1) is 30.0. The summed E-state index contributed by atoms with van der Waals surface area (Å²) in [7, 11) is 0. The number of hydrogen-bond acceptors (Lipinski definition) is 9. The highest BCUT2D eigenvalue weighted by molar-refractivity contribution is 7.10. The van der Waals surface area contributed by atoms with Crippen molar-refractivity contribution in [3.8, 4) is 0 Å². The van der Waals surface area contributed by atoms with Crippen molar-refractivity contribution in [3.63, 3.8) is 0 Å². The third-order valence-corrected chi connectivity index (χ3v) is 8.74. The number of benzene rings is 1. The van der Waals surface area contributed by atoms with Gasteiger partial charge in [0.2, 0.25) is 5.91 Å². The van der Waals surface area contributed by atoms with Gasteiger partial charge in [-0.05, 0) is 24.3 Å². The topological polar surface area (TPSA) is 162 Å². The van der Waals surface area contributed by atoms with Crippen LogP contribution in [0.25, 0.3) is 0 Å². The number of amides is 4. The van der Waals surface area contributed by atoms with E-state index in [1.165, 1.54) is 40.0 Å². The molecule has 1 aliphatic heterocycles. The Labute approximate surface area is 256 Å². The molecule has 0 spiro atoms. The zero-order valence-corrected chi connectivity index (χ0v) is 25.3. The molecule has 3 aromatic heterocycles. The second-order valence-corrected chi connectivity index (χ2v) is 12.2. The number of nitrogens with zero attached hydrogens (tertiary/aromatic N) is 4. The van der Waals surface area contributed by atoms with Crippen LogP contribution in [0.4, 0.5) is 0 Å². The van der Waals surface area contributed by atoms with E-state index in [-0.39, 0.29) is 54.6 Å². The minimum absolute atomic E-state index is 0.000949. The number of aromatic nitrogens is 4. The Balaban J connectivity index is 1.46. The molecule has 14 heteroatoms. The van der Waals surface area contributed by atoms with E-state index in [4.69, 9.17) is 0 Å². The molecule has 12 nitrogen and oxygen atoms in total. The predicted octanol–water partition coefficient (Wildman–Crippen LogP) is 3.13. The summed E-state index contributed by atoms with van der Waals surface area (Å²) in [6.45, 7) is 4.17. The van der Waals surface area contributed by atoms with Gasteiger partial charge in [0.05, 0.1) is 18.6 Å². The first-order valence-electron chi connectivity index (χ1n) is 13.9. The lowest BCUT2D eigenvalue weighted by molar-refractivity contribution is -0.122. The molecule has 4 bridgehead atoms. The van der Waals surface area contributed by atoms with Gasteiger partial charge >= 0.3 is 0 Å². The van der Waals surface area contributed by atoms with E-state index in [0.29, 0.717) is 22.9 Å². The molecule has 2 atom stereocenters. The van der Waals surface area contributed by atoms with Crippen LogP contribution in [0.15, 0.2) is 53.5 Å². The SMILES string of the molecule is CC(C)[C@@H]1NC(=O)c2csc(n2)[C@H](Cc2ccccc2)NC(=O)CN(C(=O)c2ncc[nH]2)CCCNC(=O)c2csc1n2. The minimum atomic E-state index is -0.536. The van der Waals surface area contributed by atoms with Crippen molar-refractivity contribution >= 4 is 46.3 Å². The number of hydrogen-bond donors (Lipinski definition) is 4. The van der Waals surface area contributed by atoms with Gasteiger partial charge in [0.25, 0.3) is 17.7 Å². The molecular weight excluding hydrogens is 589 g/mol. The first-order chi connectivity index (χ1) is 20.8. The predicted molar refractivity (Wildman–Crippen MR) is 162 cm³/mol. The normalized spacial score (nSPS) is 18.7. The molecular formula is C29H32N8O4S2. The third kappa shape index (κ3) is 7.51. The van der Waals surface area contributed by atoms with Gasteiger partial charge in [0.1, 0.15) is 21.4 Å². The standard InChI is InChI=1S/C29H32N8O4S2/c1-17(2)23-28-35-20(15-43-28)25(39)32-9-6-12-37(29(41)24-30-10-11-31-24)14-22(38)33-19(13-18-7-4-3-5-8-18)27-34-21(16-42-27)26(40)36-23/h3-5,7-8,10-11,15-17,19,23H,6,9,12-14H2,1-2H3,(H,30,31)(H,32,39)(H,33,38)(H,36,40)/t19-,23-/m0/s1. The lowest BCUT2D eigenvalue weighted by Gasteiger charge is -2.23. The molecule has 0 radical (unpaired) electrons.